The number of nitrogens with two attached hydrogens (primary N) is 1. The van der Waals surface area contributed by atoms with E-state index in [-0.39, 0.29) is 4.90 Å². The van der Waals surface area contributed by atoms with E-state index in [1.54, 1.807) is 6.07 Å². The van der Waals surface area contributed by atoms with Gasteiger partial charge in [0.25, 0.3) is 0 Å². The molecule has 0 bridgehead atoms. The van der Waals surface area contributed by atoms with Crippen LogP contribution in [0.2, 0.25) is 0 Å². The molecule has 2 aromatic carbocycles. The van der Waals surface area contributed by atoms with Gasteiger partial charge in [0, 0.05) is 16.6 Å². The molecule has 23 heavy (non-hydrogen) atoms. The minimum Gasteiger partial charge on any atom is -0.324 e. The molecule has 5 nitrogen and oxygen atoms in total. The lowest BCUT2D eigenvalue weighted by Gasteiger charge is -2.08. The number of fused-ring (bicyclic) bond motifs is 1. The van der Waals surface area contributed by atoms with Gasteiger partial charge in [0.15, 0.2) is 0 Å². The molecule has 0 saturated carbocycles. The maximum atomic E-state index is 11.5. The van der Waals surface area contributed by atoms with Crippen LogP contribution in [0.15, 0.2) is 51.8 Å². The van der Waals surface area contributed by atoms with Crippen molar-refractivity contribution < 1.29 is 8.42 Å². The Labute approximate surface area is 143 Å². The number of imidazole rings is 1. The van der Waals surface area contributed by atoms with Crippen LogP contribution in [0.3, 0.4) is 0 Å². The number of aromatic nitrogens is 2. The van der Waals surface area contributed by atoms with Gasteiger partial charge in [-0.15, -0.1) is 0 Å². The van der Waals surface area contributed by atoms with Crippen LogP contribution in [-0.4, -0.2) is 18.0 Å². The predicted octanol–water partition coefficient (Wildman–Crippen LogP) is 3.52. The molecule has 2 N–H and O–H groups in total. The van der Waals surface area contributed by atoms with Crippen LogP contribution < -0.4 is 5.14 Å². The molecule has 0 atom stereocenters. The van der Waals surface area contributed by atoms with E-state index < -0.39 is 10.0 Å². The number of halogens is 1. The highest BCUT2D eigenvalue weighted by Gasteiger charge is 2.15. The van der Waals surface area contributed by atoms with Crippen LogP contribution in [-0.2, 0) is 16.6 Å². The van der Waals surface area contributed by atoms with Gasteiger partial charge >= 0.3 is 0 Å². The standard InChI is InChI=1S/C16H16BrN3O2S/c1-2-8-20-15-7-6-13(23(18,21)22)10-14(15)19-16(20)11-4-3-5-12(17)9-11/h3-7,9-10H,2,8H2,1H3,(H2,18,21,22). The van der Waals surface area contributed by atoms with E-state index in [2.05, 4.69) is 32.4 Å². The molecular formula is C16H16BrN3O2S. The number of sulfonamides is 1. The molecule has 0 radical (unpaired) electrons. The molecule has 0 aliphatic heterocycles. The van der Waals surface area contributed by atoms with E-state index in [4.69, 9.17) is 5.14 Å². The van der Waals surface area contributed by atoms with Gasteiger partial charge in [-0.1, -0.05) is 35.0 Å². The van der Waals surface area contributed by atoms with Crippen molar-refractivity contribution in [2.24, 2.45) is 5.14 Å². The first-order valence-corrected chi connectivity index (χ1v) is 9.53. The third kappa shape index (κ3) is 3.17. The summed E-state index contributed by atoms with van der Waals surface area (Å²) in [5.41, 5.74) is 2.50. The number of rotatable bonds is 4. The van der Waals surface area contributed by atoms with Crippen LogP contribution >= 0.6 is 15.9 Å². The fourth-order valence-electron chi connectivity index (χ4n) is 2.58. The molecule has 1 heterocycles. The summed E-state index contributed by atoms with van der Waals surface area (Å²) >= 11 is 3.47. The number of benzene rings is 2. The fourth-order valence-corrected chi connectivity index (χ4v) is 3.52. The van der Waals surface area contributed by atoms with Gasteiger partial charge in [-0.2, -0.15) is 0 Å². The molecular weight excluding hydrogens is 378 g/mol. The zero-order valence-electron chi connectivity index (χ0n) is 12.5. The largest absolute Gasteiger partial charge is 0.324 e. The number of aryl methyl sites for hydroxylation is 1. The Morgan fingerprint density at radius 2 is 2.00 bits per heavy atom. The first-order valence-electron chi connectivity index (χ1n) is 7.19. The van der Waals surface area contributed by atoms with Crippen molar-refractivity contribution >= 4 is 37.0 Å². The van der Waals surface area contributed by atoms with Gasteiger partial charge in [-0.25, -0.2) is 18.5 Å². The minimum absolute atomic E-state index is 0.0759. The second-order valence-electron chi connectivity index (χ2n) is 5.29. The average Bonchev–Trinajstić information content (AvgIpc) is 2.85. The minimum atomic E-state index is -3.74. The van der Waals surface area contributed by atoms with Crippen molar-refractivity contribution in [1.29, 1.82) is 0 Å². The molecule has 3 rings (SSSR count). The van der Waals surface area contributed by atoms with Crippen LogP contribution in [0.4, 0.5) is 0 Å². The van der Waals surface area contributed by atoms with Crippen molar-refractivity contribution in [1.82, 2.24) is 9.55 Å². The summed E-state index contributed by atoms with van der Waals surface area (Å²) in [5, 5.41) is 5.21. The maximum Gasteiger partial charge on any atom is 0.238 e. The first kappa shape index (κ1) is 16.2. The summed E-state index contributed by atoms with van der Waals surface area (Å²) in [6.07, 6.45) is 0.948. The highest BCUT2D eigenvalue weighted by molar-refractivity contribution is 9.10. The summed E-state index contributed by atoms with van der Waals surface area (Å²) in [7, 11) is -3.74. The molecule has 7 heteroatoms. The molecule has 0 unspecified atom stereocenters. The highest BCUT2D eigenvalue weighted by Crippen LogP contribution is 2.28. The third-order valence-corrected chi connectivity index (χ3v) is 4.98. The predicted molar refractivity (Wildman–Crippen MR) is 94.5 cm³/mol. The molecule has 120 valence electrons. The van der Waals surface area contributed by atoms with Gasteiger partial charge in [0.1, 0.15) is 5.82 Å². The molecule has 0 aliphatic rings. The Morgan fingerprint density at radius 3 is 2.65 bits per heavy atom. The zero-order chi connectivity index (χ0) is 16.6. The van der Waals surface area contributed by atoms with Crippen LogP contribution in [0.25, 0.3) is 22.4 Å². The van der Waals surface area contributed by atoms with E-state index >= 15 is 0 Å². The molecule has 1 aromatic heterocycles. The van der Waals surface area contributed by atoms with Crippen molar-refractivity contribution in [3.63, 3.8) is 0 Å². The van der Waals surface area contributed by atoms with E-state index in [0.717, 1.165) is 34.3 Å². The van der Waals surface area contributed by atoms with E-state index in [1.807, 2.05) is 24.3 Å². The summed E-state index contributed by atoms with van der Waals surface area (Å²) < 4.78 is 26.2. The third-order valence-electron chi connectivity index (χ3n) is 3.58. The lowest BCUT2D eigenvalue weighted by Crippen LogP contribution is -2.11. The SMILES string of the molecule is CCCn1c(-c2cccc(Br)c2)nc2cc(S(N)(=O)=O)ccc21. The fraction of sp³-hybridized carbons (Fsp3) is 0.188. The second kappa shape index (κ2) is 6.07. The quantitative estimate of drug-likeness (QED) is 0.736. The average molecular weight is 394 g/mol. The Bertz CT molecular complexity index is 980. The highest BCUT2D eigenvalue weighted by atomic mass is 79.9. The smallest absolute Gasteiger partial charge is 0.238 e. The number of hydrogen-bond donors (Lipinski definition) is 1. The van der Waals surface area contributed by atoms with E-state index in [0.29, 0.717) is 5.52 Å². The van der Waals surface area contributed by atoms with Crippen molar-refractivity contribution in [2.75, 3.05) is 0 Å². The van der Waals surface area contributed by atoms with Crippen LogP contribution in [0.5, 0.6) is 0 Å². The van der Waals surface area contributed by atoms with Gasteiger partial charge in [0.05, 0.1) is 15.9 Å². The molecule has 0 saturated heterocycles. The van der Waals surface area contributed by atoms with Crippen LogP contribution in [0, 0.1) is 0 Å². The topological polar surface area (TPSA) is 78.0 Å². The Hall–Kier alpha value is -1.70. The normalized spacial score (nSPS) is 12.0. The second-order valence-corrected chi connectivity index (χ2v) is 7.77. The van der Waals surface area contributed by atoms with Crippen molar-refractivity contribution in [3.8, 4) is 11.4 Å². The molecule has 3 aromatic rings. The summed E-state index contributed by atoms with van der Waals surface area (Å²) in [4.78, 5) is 4.71. The van der Waals surface area contributed by atoms with Crippen LogP contribution in [0.1, 0.15) is 13.3 Å². The molecule has 0 aliphatic carbocycles. The summed E-state index contributed by atoms with van der Waals surface area (Å²) in [6, 6.07) is 12.7. The van der Waals surface area contributed by atoms with E-state index in [1.165, 1.54) is 12.1 Å². The number of primary sulfonamides is 1. The summed E-state index contributed by atoms with van der Waals surface area (Å²) in [5.74, 6) is 0.815. The monoisotopic (exact) mass is 393 g/mol. The number of nitrogens with zero attached hydrogens (tertiary/aromatic N) is 2. The first-order chi connectivity index (χ1) is 10.9. The lowest BCUT2D eigenvalue weighted by atomic mass is 10.2. The Morgan fingerprint density at radius 1 is 1.22 bits per heavy atom. The Balaban J connectivity index is 2.26. The van der Waals surface area contributed by atoms with Gasteiger partial charge in [-0.05, 0) is 36.8 Å². The van der Waals surface area contributed by atoms with Gasteiger partial charge in [0.2, 0.25) is 10.0 Å². The number of hydrogen-bond acceptors (Lipinski definition) is 3. The molecule has 0 spiro atoms. The molecule has 0 amide bonds. The van der Waals surface area contributed by atoms with Gasteiger partial charge < -0.3 is 4.57 Å². The van der Waals surface area contributed by atoms with Crippen molar-refractivity contribution in [2.45, 2.75) is 24.8 Å². The summed E-state index contributed by atoms with van der Waals surface area (Å²) in [6.45, 7) is 2.89. The zero-order valence-corrected chi connectivity index (χ0v) is 14.9. The van der Waals surface area contributed by atoms with Crippen molar-refractivity contribution in [3.05, 3.63) is 46.9 Å². The van der Waals surface area contributed by atoms with E-state index in [9.17, 15) is 8.42 Å². The maximum absolute atomic E-state index is 11.5. The Kier molecular flexibility index (Phi) is 4.27. The van der Waals surface area contributed by atoms with Gasteiger partial charge in [-0.3, -0.25) is 0 Å². The lowest BCUT2D eigenvalue weighted by molar-refractivity contribution is 0.598. The molecule has 0 fully saturated rings.